The van der Waals surface area contributed by atoms with Gasteiger partial charge in [-0.25, -0.2) is 4.57 Å². The summed E-state index contributed by atoms with van der Waals surface area (Å²) in [5, 5.41) is 0. The van der Waals surface area contributed by atoms with Gasteiger partial charge in [-0.3, -0.25) is 0 Å². The molecule has 0 saturated carbocycles. The van der Waals surface area contributed by atoms with Crippen molar-refractivity contribution in [2.24, 2.45) is 0 Å². The molecule has 0 bridgehead atoms. The number of benzene rings is 2. The maximum absolute atomic E-state index is 12.6. The van der Waals surface area contributed by atoms with E-state index >= 15 is 0 Å². The zero-order valence-corrected chi connectivity index (χ0v) is 17.8. The summed E-state index contributed by atoms with van der Waals surface area (Å²) in [4.78, 5) is 12.6. The van der Waals surface area contributed by atoms with Crippen molar-refractivity contribution in [2.45, 2.75) is 59.8 Å². The summed E-state index contributed by atoms with van der Waals surface area (Å²) >= 11 is 0. The zero-order valence-electron chi connectivity index (χ0n) is 16.9. The summed E-state index contributed by atoms with van der Waals surface area (Å²) < 4.78 is 23.5. The first-order valence-corrected chi connectivity index (χ1v) is 10.9. The molecule has 2 aromatic carbocycles. The van der Waals surface area contributed by atoms with Gasteiger partial charge in [-0.1, -0.05) is 52.0 Å². The van der Waals surface area contributed by atoms with Gasteiger partial charge in [0.1, 0.15) is 11.5 Å². The van der Waals surface area contributed by atoms with Crippen LogP contribution in [0.2, 0.25) is 0 Å². The Balaban J connectivity index is 0.00000261. The van der Waals surface area contributed by atoms with Crippen LogP contribution in [0, 0.1) is 0 Å². The standard InChI is InChI=1S/C21H27O4P.Li/c1-5-14-9-16(7-3)20-18(11-14)13-19-12-15(6-2)10-17(8-4)21(19)25-26(22,23)24-20;/h9-12H,5-8,13H2,1-4H3,(H,22,23);/q;+1/p-1. The van der Waals surface area contributed by atoms with Gasteiger partial charge in [-0.2, -0.15) is 0 Å². The quantitative estimate of drug-likeness (QED) is 0.599. The fraction of sp³-hybridized carbons (Fsp3) is 0.429. The van der Waals surface area contributed by atoms with E-state index in [0.29, 0.717) is 30.8 Å². The first-order valence-electron chi connectivity index (χ1n) is 9.40. The predicted octanol–water partition coefficient (Wildman–Crippen LogP) is 1.77. The summed E-state index contributed by atoms with van der Waals surface area (Å²) in [6.07, 6.45) is 3.81. The average Bonchev–Trinajstić information content (AvgIpc) is 2.62. The number of phosphoric acid groups is 1. The fourth-order valence-corrected chi connectivity index (χ4v) is 4.48. The molecule has 0 aromatic heterocycles. The molecule has 0 spiro atoms. The van der Waals surface area contributed by atoms with Gasteiger partial charge in [0.2, 0.25) is 0 Å². The molecule has 1 aliphatic heterocycles. The van der Waals surface area contributed by atoms with E-state index in [0.717, 1.165) is 35.1 Å². The normalized spacial score (nSPS) is 14.6. The van der Waals surface area contributed by atoms with E-state index in [1.54, 1.807) is 0 Å². The van der Waals surface area contributed by atoms with Gasteiger partial charge in [-0.05, 0) is 59.1 Å². The van der Waals surface area contributed by atoms with Gasteiger partial charge in [0, 0.05) is 6.42 Å². The first kappa shape index (κ1) is 22.1. The van der Waals surface area contributed by atoms with Crippen molar-refractivity contribution in [3.63, 3.8) is 0 Å². The van der Waals surface area contributed by atoms with Crippen molar-refractivity contribution in [2.75, 3.05) is 0 Å². The van der Waals surface area contributed by atoms with E-state index in [1.165, 1.54) is 11.1 Å². The van der Waals surface area contributed by atoms with Crippen molar-refractivity contribution in [3.05, 3.63) is 57.6 Å². The molecule has 140 valence electrons. The van der Waals surface area contributed by atoms with Crippen LogP contribution in [0.4, 0.5) is 0 Å². The van der Waals surface area contributed by atoms with E-state index in [9.17, 15) is 9.46 Å². The molecule has 0 unspecified atom stereocenters. The first-order chi connectivity index (χ1) is 12.4. The minimum atomic E-state index is -4.50. The number of hydrogen-bond acceptors (Lipinski definition) is 4. The minimum absolute atomic E-state index is 0. The second-order valence-electron chi connectivity index (χ2n) is 6.71. The molecule has 2 aromatic rings. The van der Waals surface area contributed by atoms with Crippen molar-refractivity contribution in [1.29, 1.82) is 0 Å². The Morgan fingerprint density at radius 2 is 1.22 bits per heavy atom. The van der Waals surface area contributed by atoms with Crippen molar-refractivity contribution < 1.29 is 37.4 Å². The van der Waals surface area contributed by atoms with Crippen molar-refractivity contribution in [3.8, 4) is 11.5 Å². The molecule has 0 aliphatic carbocycles. The predicted molar refractivity (Wildman–Crippen MR) is 102 cm³/mol. The van der Waals surface area contributed by atoms with Crippen LogP contribution < -0.4 is 32.8 Å². The van der Waals surface area contributed by atoms with Gasteiger partial charge < -0.3 is 13.9 Å². The Bertz CT molecular complexity index is 811. The van der Waals surface area contributed by atoms with Crippen LogP contribution in [0.1, 0.15) is 61.1 Å². The second-order valence-corrected chi connectivity index (χ2v) is 7.97. The van der Waals surface area contributed by atoms with E-state index in [2.05, 4.69) is 26.0 Å². The topological polar surface area (TPSA) is 58.6 Å². The molecule has 3 rings (SSSR count). The monoisotopic (exact) mass is 380 g/mol. The molecule has 0 atom stereocenters. The Morgan fingerprint density at radius 1 is 0.815 bits per heavy atom. The molecule has 0 fully saturated rings. The molecule has 6 heteroatoms. The smallest absolute Gasteiger partial charge is 0.736 e. The maximum Gasteiger partial charge on any atom is 1.00 e. The van der Waals surface area contributed by atoms with Crippen LogP contribution in [0.3, 0.4) is 0 Å². The number of phosphoric ester groups is 1. The minimum Gasteiger partial charge on any atom is -0.736 e. The molecule has 0 N–H and O–H groups in total. The summed E-state index contributed by atoms with van der Waals surface area (Å²) in [7, 11) is -4.50. The average molecular weight is 380 g/mol. The molecular weight excluding hydrogens is 354 g/mol. The van der Waals surface area contributed by atoms with E-state index in [-0.39, 0.29) is 18.9 Å². The van der Waals surface area contributed by atoms with Crippen molar-refractivity contribution in [1.82, 2.24) is 0 Å². The Hall–Kier alpha value is -1.17. The van der Waals surface area contributed by atoms with Crippen molar-refractivity contribution >= 4 is 7.82 Å². The molecule has 0 saturated heterocycles. The third kappa shape index (κ3) is 4.64. The summed E-state index contributed by atoms with van der Waals surface area (Å²) in [6.45, 7) is 8.22. The second kappa shape index (κ2) is 8.89. The van der Waals surface area contributed by atoms with Gasteiger partial charge in [0.15, 0.2) is 0 Å². The Labute approximate surface area is 174 Å². The van der Waals surface area contributed by atoms with Gasteiger partial charge >= 0.3 is 26.7 Å². The van der Waals surface area contributed by atoms with Crippen LogP contribution in [0.15, 0.2) is 24.3 Å². The summed E-state index contributed by atoms with van der Waals surface area (Å²) in [6, 6.07) is 8.18. The third-order valence-electron chi connectivity index (χ3n) is 4.97. The van der Waals surface area contributed by atoms with Crippen LogP contribution in [0.25, 0.3) is 0 Å². The number of rotatable bonds is 4. The molecule has 0 radical (unpaired) electrons. The van der Waals surface area contributed by atoms with E-state index < -0.39 is 7.82 Å². The maximum atomic E-state index is 12.6. The zero-order chi connectivity index (χ0) is 18.9. The Morgan fingerprint density at radius 3 is 1.56 bits per heavy atom. The Kier molecular flexibility index (Phi) is 7.28. The van der Waals surface area contributed by atoms with E-state index in [4.69, 9.17) is 9.05 Å². The van der Waals surface area contributed by atoms with Gasteiger partial charge in [-0.15, -0.1) is 0 Å². The van der Waals surface area contributed by atoms with Crippen LogP contribution >= 0.6 is 7.82 Å². The number of aryl methyl sites for hydroxylation is 4. The molecule has 27 heavy (non-hydrogen) atoms. The summed E-state index contributed by atoms with van der Waals surface area (Å²) in [5.74, 6) is 0.877. The molecule has 0 amide bonds. The third-order valence-corrected chi connectivity index (χ3v) is 5.78. The fourth-order valence-electron chi connectivity index (χ4n) is 3.53. The molecule has 1 aliphatic rings. The molecular formula is C21H26LiO4P. The van der Waals surface area contributed by atoms with Crippen LogP contribution in [-0.2, 0) is 36.7 Å². The van der Waals surface area contributed by atoms with Gasteiger partial charge in [0.05, 0.1) is 0 Å². The van der Waals surface area contributed by atoms with E-state index in [1.807, 2.05) is 26.0 Å². The number of hydrogen-bond donors (Lipinski definition) is 0. The number of fused-ring (bicyclic) bond motifs is 2. The van der Waals surface area contributed by atoms with Crippen LogP contribution in [0.5, 0.6) is 11.5 Å². The summed E-state index contributed by atoms with van der Waals surface area (Å²) in [5.41, 5.74) is 6.02. The SMILES string of the molecule is CCc1cc(CC)c2c(c1)Cc1cc(CC)cc(CC)c1OP(=O)([O-])O2.[Li+]. The van der Waals surface area contributed by atoms with Gasteiger partial charge in [0.25, 0.3) is 0 Å². The molecule has 1 heterocycles. The largest absolute Gasteiger partial charge is 1.00 e. The van der Waals surface area contributed by atoms with Crippen LogP contribution in [-0.4, -0.2) is 0 Å². The molecule has 4 nitrogen and oxygen atoms in total.